The summed E-state index contributed by atoms with van der Waals surface area (Å²) in [5, 5.41) is 0. The highest BCUT2D eigenvalue weighted by Crippen LogP contribution is 2.40. The van der Waals surface area contributed by atoms with Crippen molar-refractivity contribution in [3.63, 3.8) is 0 Å². The monoisotopic (exact) mass is 184 g/mol. The normalized spacial score (nSPS) is 39.5. The van der Waals surface area contributed by atoms with Crippen LogP contribution in [0.1, 0.15) is 38.5 Å². The summed E-state index contributed by atoms with van der Waals surface area (Å²) in [6.07, 6.45) is 5.93. The van der Waals surface area contributed by atoms with Crippen LogP contribution in [0.15, 0.2) is 0 Å². The van der Waals surface area contributed by atoms with Crippen LogP contribution in [-0.2, 0) is 14.3 Å². The van der Waals surface area contributed by atoms with Gasteiger partial charge in [0.15, 0.2) is 0 Å². The van der Waals surface area contributed by atoms with Gasteiger partial charge in [-0.05, 0) is 25.7 Å². The second-order valence-electron chi connectivity index (χ2n) is 4.11. The van der Waals surface area contributed by atoms with Gasteiger partial charge in [-0.25, -0.2) is 0 Å². The van der Waals surface area contributed by atoms with Crippen molar-refractivity contribution < 1.29 is 14.3 Å². The molecule has 1 aliphatic carbocycles. The molecule has 74 valence electrons. The molecule has 3 nitrogen and oxygen atoms in total. The summed E-state index contributed by atoms with van der Waals surface area (Å²) in [4.78, 5) is 11.0. The van der Waals surface area contributed by atoms with E-state index in [0.29, 0.717) is 12.5 Å². The SMILES string of the molecule is COC1CCCC2(CCC(=O)O2)C1. The Balaban J connectivity index is 2.02. The largest absolute Gasteiger partial charge is 0.459 e. The van der Waals surface area contributed by atoms with Gasteiger partial charge in [-0.1, -0.05) is 0 Å². The van der Waals surface area contributed by atoms with E-state index in [2.05, 4.69) is 0 Å². The highest BCUT2D eigenvalue weighted by molar-refractivity contribution is 5.72. The van der Waals surface area contributed by atoms with Gasteiger partial charge in [-0.3, -0.25) is 4.79 Å². The van der Waals surface area contributed by atoms with Crippen LogP contribution in [0.25, 0.3) is 0 Å². The molecule has 0 amide bonds. The number of carbonyl (C=O) groups excluding carboxylic acids is 1. The molecular weight excluding hydrogens is 168 g/mol. The number of methoxy groups -OCH3 is 1. The van der Waals surface area contributed by atoms with Crippen LogP contribution in [0.4, 0.5) is 0 Å². The Hall–Kier alpha value is -0.570. The fraction of sp³-hybridized carbons (Fsp3) is 0.900. The van der Waals surface area contributed by atoms with E-state index >= 15 is 0 Å². The molecule has 2 fully saturated rings. The minimum absolute atomic E-state index is 0.0308. The van der Waals surface area contributed by atoms with E-state index in [9.17, 15) is 4.79 Å². The lowest BCUT2D eigenvalue weighted by Crippen LogP contribution is -2.37. The lowest BCUT2D eigenvalue weighted by molar-refractivity contribution is -0.154. The maximum absolute atomic E-state index is 11.0. The molecule has 1 heterocycles. The Kier molecular flexibility index (Phi) is 2.28. The van der Waals surface area contributed by atoms with E-state index < -0.39 is 0 Å². The van der Waals surface area contributed by atoms with Gasteiger partial charge in [0.1, 0.15) is 5.60 Å². The lowest BCUT2D eigenvalue weighted by Gasteiger charge is -2.35. The van der Waals surface area contributed by atoms with Crippen molar-refractivity contribution in [1.82, 2.24) is 0 Å². The maximum atomic E-state index is 11.0. The van der Waals surface area contributed by atoms with Crippen LogP contribution >= 0.6 is 0 Å². The Morgan fingerprint density at radius 3 is 3.00 bits per heavy atom. The molecule has 0 aromatic heterocycles. The van der Waals surface area contributed by atoms with Crippen molar-refractivity contribution in [2.75, 3.05) is 7.11 Å². The zero-order valence-electron chi connectivity index (χ0n) is 8.04. The second-order valence-corrected chi connectivity index (χ2v) is 4.11. The summed E-state index contributed by atoms with van der Waals surface area (Å²) in [6.45, 7) is 0. The molecule has 1 saturated carbocycles. The minimum Gasteiger partial charge on any atom is -0.459 e. The molecule has 1 aliphatic heterocycles. The molecule has 2 unspecified atom stereocenters. The molecule has 2 rings (SSSR count). The first-order chi connectivity index (χ1) is 6.24. The number of hydrogen-bond acceptors (Lipinski definition) is 3. The first-order valence-electron chi connectivity index (χ1n) is 4.99. The zero-order chi connectivity index (χ0) is 9.31. The van der Waals surface area contributed by atoms with E-state index in [-0.39, 0.29) is 11.6 Å². The van der Waals surface area contributed by atoms with Crippen molar-refractivity contribution in [2.24, 2.45) is 0 Å². The molecule has 13 heavy (non-hydrogen) atoms. The fourth-order valence-electron chi connectivity index (χ4n) is 2.47. The first kappa shape index (κ1) is 9.00. The molecule has 1 saturated heterocycles. The standard InChI is InChI=1S/C10H16O3/c1-12-8-3-2-5-10(7-8)6-4-9(11)13-10/h8H,2-7H2,1H3. The van der Waals surface area contributed by atoms with Crippen molar-refractivity contribution in [2.45, 2.75) is 50.2 Å². The topological polar surface area (TPSA) is 35.5 Å². The van der Waals surface area contributed by atoms with Crippen LogP contribution in [0.3, 0.4) is 0 Å². The highest BCUT2D eigenvalue weighted by atomic mass is 16.6. The predicted octanol–water partition coefficient (Wildman–Crippen LogP) is 1.65. The van der Waals surface area contributed by atoms with E-state index in [1.807, 2.05) is 0 Å². The molecule has 2 atom stereocenters. The minimum atomic E-state index is -0.157. The fourth-order valence-corrected chi connectivity index (χ4v) is 2.47. The van der Waals surface area contributed by atoms with Gasteiger partial charge in [0.2, 0.25) is 0 Å². The zero-order valence-corrected chi connectivity index (χ0v) is 8.04. The first-order valence-corrected chi connectivity index (χ1v) is 4.99. The average Bonchev–Trinajstić information content (AvgIpc) is 2.47. The number of esters is 1. The van der Waals surface area contributed by atoms with Crippen LogP contribution in [0.5, 0.6) is 0 Å². The molecule has 0 aromatic rings. The third-order valence-electron chi connectivity index (χ3n) is 3.21. The van der Waals surface area contributed by atoms with E-state index in [1.165, 1.54) is 0 Å². The van der Waals surface area contributed by atoms with Crippen molar-refractivity contribution >= 4 is 5.97 Å². The summed E-state index contributed by atoms with van der Waals surface area (Å²) < 4.78 is 10.7. The Morgan fingerprint density at radius 1 is 1.54 bits per heavy atom. The van der Waals surface area contributed by atoms with Gasteiger partial charge in [0, 0.05) is 20.0 Å². The van der Waals surface area contributed by atoms with Gasteiger partial charge in [0.25, 0.3) is 0 Å². The Morgan fingerprint density at radius 2 is 2.38 bits per heavy atom. The summed E-state index contributed by atoms with van der Waals surface area (Å²) in [6, 6.07) is 0. The van der Waals surface area contributed by atoms with Crippen LogP contribution in [0, 0.1) is 0 Å². The van der Waals surface area contributed by atoms with E-state index in [4.69, 9.17) is 9.47 Å². The molecule has 2 aliphatic rings. The second kappa shape index (κ2) is 3.29. The highest BCUT2D eigenvalue weighted by Gasteiger charge is 2.43. The Bertz CT molecular complexity index is 214. The van der Waals surface area contributed by atoms with Crippen molar-refractivity contribution in [3.05, 3.63) is 0 Å². The number of rotatable bonds is 1. The van der Waals surface area contributed by atoms with E-state index in [0.717, 1.165) is 32.1 Å². The smallest absolute Gasteiger partial charge is 0.306 e. The molecule has 0 bridgehead atoms. The quantitative estimate of drug-likeness (QED) is 0.581. The van der Waals surface area contributed by atoms with Crippen LogP contribution in [0.2, 0.25) is 0 Å². The van der Waals surface area contributed by atoms with Crippen LogP contribution < -0.4 is 0 Å². The molecule has 3 heteroatoms. The predicted molar refractivity (Wildman–Crippen MR) is 47.3 cm³/mol. The molecule has 0 aromatic carbocycles. The lowest BCUT2D eigenvalue weighted by atomic mass is 9.81. The van der Waals surface area contributed by atoms with Crippen molar-refractivity contribution in [1.29, 1.82) is 0 Å². The molecular formula is C10H16O3. The number of hydrogen-bond donors (Lipinski definition) is 0. The summed E-state index contributed by atoms with van der Waals surface area (Å²) >= 11 is 0. The molecule has 0 radical (unpaired) electrons. The molecule has 0 N–H and O–H groups in total. The van der Waals surface area contributed by atoms with E-state index in [1.54, 1.807) is 7.11 Å². The van der Waals surface area contributed by atoms with Gasteiger partial charge >= 0.3 is 5.97 Å². The Labute approximate surface area is 78.4 Å². The summed E-state index contributed by atoms with van der Waals surface area (Å²) in [5.41, 5.74) is -0.157. The molecule has 1 spiro atoms. The van der Waals surface area contributed by atoms with Gasteiger partial charge in [0.05, 0.1) is 6.10 Å². The summed E-state index contributed by atoms with van der Waals surface area (Å²) in [7, 11) is 1.74. The third kappa shape index (κ3) is 1.70. The maximum Gasteiger partial charge on any atom is 0.306 e. The summed E-state index contributed by atoms with van der Waals surface area (Å²) in [5.74, 6) is -0.0308. The van der Waals surface area contributed by atoms with Gasteiger partial charge in [-0.2, -0.15) is 0 Å². The van der Waals surface area contributed by atoms with Crippen molar-refractivity contribution in [3.8, 4) is 0 Å². The van der Waals surface area contributed by atoms with Gasteiger partial charge in [-0.15, -0.1) is 0 Å². The number of carbonyl (C=O) groups is 1. The number of ether oxygens (including phenoxy) is 2. The van der Waals surface area contributed by atoms with Gasteiger partial charge < -0.3 is 9.47 Å². The third-order valence-corrected chi connectivity index (χ3v) is 3.21. The average molecular weight is 184 g/mol. The van der Waals surface area contributed by atoms with Crippen LogP contribution in [-0.4, -0.2) is 24.8 Å².